The zero-order valence-electron chi connectivity index (χ0n) is 22.4. The first kappa shape index (κ1) is 43.1. The molecule has 0 saturated carbocycles. The molecule has 0 fully saturated rings. The van der Waals surface area contributed by atoms with E-state index in [1.165, 1.54) is 7.11 Å². The van der Waals surface area contributed by atoms with Crippen molar-refractivity contribution in [1.82, 2.24) is 0 Å². The molecule has 1 heterocycles. The number of carboxylic acids is 1. The number of methoxy groups -OCH3 is 1. The number of hydrogen-bond acceptors (Lipinski definition) is 16. The van der Waals surface area contributed by atoms with Crippen molar-refractivity contribution in [2.45, 2.75) is 15.8 Å². The van der Waals surface area contributed by atoms with Crippen molar-refractivity contribution in [3.8, 4) is 5.75 Å². The molecule has 0 saturated heterocycles. The van der Waals surface area contributed by atoms with Crippen LogP contribution in [-0.4, -0.2) is 77.5 Å². The van der Waals surface area contributed by atoms with Crippen molar-refractivity contribution in [1.29, 1.82) is 0 Å². The number of hydrogen-bond donors (Lipinski definition) is 0. The molecule has 1 aliphatic rings. The maximum atomic E-state index is 12.9. The smallest absolute Gasteiger partial charge is 0.744 e. The average Bonchev–Trinajstić information content (AvgIpc) is 3.17. The third-order valence-electron chi connectivity index (χ3n) is 4.86. The molecule has 0 radical (unpaired) electrons. The van der Waals surface area contributed by atoms with E-state index in [0.717, 1.165) is 42.5 Å². The Balaban J connectivity index is 0.00000560. The van der Waals surface area contributed by atoms with E-state index >= 15 is 0 Å². The summed E-state index contributed by atoms with van der Waals surface area (Å²) in [5.41, 5.74) is -1.29. The number of azo groups is 1. The molecule has 1 amide bonds. The Morgan fingerprint density at radius 1 is 0.976 bits per heavy atom. The van der Waals surface area contributed by atoms with Crippen LogP contribution in [-0.2, 0) is 44.1 Å². The fraction of sp³-hybridized carbons (Fsp3) is 0.211. The van der Waals surface area contributed by atoms with Crippen molar-refractivity contribution >= 4 is 59.3 Å². The number of hydrazone groups is 1. The second-order valence-corrected chi connectivity index (χ2v) is 11.9. The second kappa shape index (κ2) is 17.9. The van der Waals surface area contributed by atoms with Gasteiger partial charge in [-0.2, -0.15) is 20.3 Å². The molecular formula is C19H15K3N4O13S3. The van der Waals surface area contributed by atoms with E-state index in [1.807, 2.05) is 0 Å². The molecule has 0 aliphatic carbocycles. The zero-order valence-corrected chi connectivity index (χ0v) is 34.2. The Morgan fingerprint density at radius 3 is 2.05 bits per heavy atom. The van der Waals surface area contributed by atoms with Crippen LogP contribution >= 0.6 is 0 Å². The maximum absolute atomic E-state index is 12.9. The van der Waals surface area contributed by atoms with E-state index in [4.69, 9.17) is 4.74 Å². The first-order valence-electron chi connectivity index (χ1n) is 10.1. The molecule has 17 nitrogen and oxygen atoms in total. The molecule has 210 valence electrons. The van der Waals surface area contributed by atoms with Crippen LogP contribution in [0.2, 0.25) is 0 Å². The number of sulfone groups is 1. The van der Waals surface area contributed by atoms with Crippen LogP contribution in [0.15, 0.2) is 67.6 Å². The predicted molar refractivity (Wildman–Crippen MR) is 123 cm³/mol. The molecular weight excluding hydrogens is 706 g/mol. The Bertz CT molecular complexity index is 1700. The van der Waals surface area contributed by atoms with Crippen molar-refractivity contribution in [2.24, 2.45) is 15.3 Å². The molecule has 3 rings (SSSR count). The fourth-order valence-electron chi connectivity index (χ4n) is 3.06. The van der Waals surface area contributed by atoms with Crippen LogP contribution in [0.3, 0.4) is 0 Å². The van der Waals surface area contributed by atoms with E-state index < -0.39 is 76.1 Å². The summed E-state index contributed by atoms with van der Waals surface area (Å²) in [6, 6.07) is 5.08. The number of carbonyl (C=O) groups is 2. The summed E-state index contributed by atoms with van der Waals surface area (Å²) in [5, 5.41) is 23.2. The quantitative estimate of drug-likeness (QED) is 0.0905. The average molecular weight is 721 g/mol. The number of carbonyl (C=O) groups excluding carboxylic acids is 2. The maximum Gasteiger partial charge on any atom is 1.00 e. The Labute approximate surface area is 367 Å². The molecule has 1 atom stereocenters. The van der Waals surface area contributed by atoms with Crippen molar-refractivity contribution in [3.63, 3.8) is 0 Å². The van der Waals surface area contributed by atoms with Crippen LogP contribution in [0.5, 0.6) is 5.75 Å². The zero-order chi connectivity index (χ0) is 29.2. The summed E-state index contributed by atoms with van der Waals surface area (Å²) in [5.74, 6) is -3.92. The minimum Gasteiger partial charge on any atom is -0.744 e. The van der Waals surface area contributed by atoms with E-state index in [1.54, 1.807) is 0 Å². The summed E-state index contributed by atoms with van der Waals surface area (Å²) >= 11 is 0. The molecule has 42 heavy (non-hydrogen) atoms. The van der Waals surface area contributed by atoms with E-state index in [0.29, 0.717) is 5.01 Å². The van der Waals surface area contributed by atoms with E-state index in [9.17, 15) is 49.1 Å². The van der Waals surface area contributed by atoms with Gasteiger partial charge in [-0.25, -0.2) is 25.3 Å². The van der Waals surface area contributed by atoms with Crippen LogP contribution in [0.1, 0.15) is 0 Å². The number of ether oxygens (including phenoxy) is 1. The molecule has 0 spiro atoms. The fourth-order valence-corrected chi connectivity index (χ4v) is 5.03. The standard InChI is InChI=1S/C19H18N4O13S3.3K/c1-35-15-7-6-13(37(27,28)9-8-36-39(32,33)34)10-14(15)20-21-16-17(19(25)26)22-23(18(16)24)11-2-4-12(5-3-11)38(29,30)31;;;/h2-7,10,16H,8-9H2,1H3,(H,25,26)(H,29,30,31)(H,32,33,34);;;/q;3*+1/p-3/t16-;;;/m0.../s1. The first-order valence-corrected chi connectivity index (χ1v) is 14.5. The first-order chi connectivity index (χ1) is 18.0. The van der Waals surface area contributed by atoms with Gasteiger partial charge in [0.15, 0.2) is 15.9 Å². The summed E-state index contributed by atoms with van der Waals surface area (Å²) in [4.78, 5) is 23.4. The molecule has 0 bridgehead atoms. The van der Waals surface area contributed by atoms with Crippen molar-refractivity contribution in [3.05, 3.63) is 42.5 Å². The summed E-state index contributed by atoms with van der Waals surface area (Å²) in [6.45, 7) is -0.962. The Kier molecular flexibility index (Phi) is 18.3. The van der Waals surface area contributed by atoms with Crippen LogP contribution in [0.25, 0.3) is 0 Å². The number of rotatable bonds is 11. The van der Waals surface area contributed by atoms with Gasteiger partial charge < -0.3 is 23.7 Å². The normalized spacial score (nSPS) is 15.3. The summed E-state index contributed by atoms with van der Waals surface area (Å²) < 4.78 is 98.9. The van der Waals surface area contributed by atoms with Gasteiger partial charge in [0.1, 0.15) is 27.3 Å². The molecule has 23 heteroatoms. The van der Waals surface area contributed by atoms with E-state index in [-0.39, 0.29) is 171 Å². The minimum atomic E-state index is -5.13. The van der Waals surface area contributed by atoms with Crippen LogP contribution in [0.4, 0.5) is 11.4 Å². The number of aliphatic carboxylic acids is 1. The molecule has 2 aromatic carbocycles. The molecule has 1 aliphatic heterocycles. The van der Waals surface area contributed by atoms with Crippen LogP contribution in [0, 0.1) is 0 Å². The van der Waals surface area contributed by atoms with Crippen LogP contribution < -0.4 is 169 Å². The molecule has 0 N–H and O–H groups in total. The van der Waals surface area contributed by atoms with Gasteiger partial charge in [0, 0.05) is 0 Å². The molecule has 0 aromatic heterocycles. The number of anilines is 1. The third kappa shape index (κ3) is 11.7. The number of amides is 1. The van der Waals surface area contributed by atoms with Gasteiger partial charge in [0.05, 0.1) is 40.9 Å². The monoisotopic (exact) mass is 720 g/mol. The second-order valence-electron chi connectivity index (χ2n) is 7.37. The molecule has 2 aromatic rings. The topological polar surface area (TPSA) is 265 Å². The van der Waals surface area contributed by atoms with E-state index in [2.05, 4.69) is 19.5 Å². The van der Waals surface area contributed by atoms with Gasteiger partial charge in [-0.1, -0.05) is 0 Å². The molecule has 0 unspecified atom stereocenters. The van der Waals surface area contributed by atoms with Gasteiger partial charge in [0.25, 0.3) is 5.91 Å². The van der Waals surface area contributed by atoms with Gasteiger partial charge in [0.2, 0.25) is 10.4 Å². The van der Waals surface area contributed by atoms with Gasteiger partial charge in [-0.3, -0.25) is 8.98 Å². The Hall–Kier alpha value is 1.09. The van der Waals surface area contributed by atoms with Crippen molar-refractivity contribution in [2.75, 3.05) is 24.5 Å². The van der Waals surface area contributed by atoms with Gasteiger partial charge >= 0.3 is 154 Å². The number of carboxylic acid groups (broad SMARTS) is 1. The van der Waals surface area contributed by atoms with Crippen molar-refractivity contribution < 1.29 is 212 Å². The Morgan fingerprint density at radius 2 is 1.55 bits per heavy atom. The SMILES string of the molecule is COc1ccc(S(=O)(=O)CCOS(=O)(=O)[O-])cc1N=N[C@@H]1C(=O)N(c2ccc(S(=O)(=O)[O-])cc2)N=C1C(=O)[O-].[K+].[K+].[K+]. The summed E-state index contributed by atoms with van der Waals surface area (Å²) in [7, 11) is -12.9. The minimum absolute atomic E-state index is 0. The van der Waals surface area contributed by atoms with Gasteiger partial charge in [-0.15, -0.1) is 0 Å². The van der Waals surface area contributed by atoms with Gasteiger partial charge in [-0.05, 0) is 42.5 Å². The predicted octanol–water partition coefficient (Wildman–Crippen LogP) is -10.5. The summed E-state index contributed by atoms with van der Waals surface area (Å²) in [6.07, 6.45) is 0. The largest absolute Gasteiger partial charge is 1.00 e. The third-order valence-corrected chi connectivity index (χ3v) is 7.84. The number of benzene rings is 2. The number of nitrogens with zero attached hydrogens (tertiary/aromatic N) is 4.